The Morgan fingerprint density at radius 1 is 1.24 bits per heavy atom. The Labute approximate surface area is 172 Å². The minimum atomic E-state index is -0.564. The summed E-state index contributed by atoms with van der Waals surface area (Å²) < 4.78 is 8.70. The third kappa shape index (κ3) is 3.72. The molecule has 0 N–H and O–H groups in total. The van der Waals surface area contributed by atoms with E-state index in [1.165, 1.54) is 0 Å². The number of ether oxygens (including phenoxy) is 1. The molecule has 0 radical (unpaired) electrons. The van der Waals surface area contributed by atoms with E-state index in [9.17, 15) is 9.59 Å². The number of fused-ring (bicyclic) bond motifs is 1. The van der Waals surface area contributed by atoms with Gasteiger partial charge >= 0.3 is 11.8 Å². The van der Waals surface area contributed by atoms with Gasteiger partial charge in [-0.15, -0.1) is 0 Å². The summed E-state index contributed by atoms with van der Waals surface area (Å²) >= 11 is 5.89. The number of carbonyl (C=O) groups is 1. The van der Waals surface area contributed by atoms with Gasteiger partial charge in [0.05, 0.1) is 23.4 Å². The molecule has 0 aliphatic carbocycles. The van der Waals surface area contributed by atoms with E-state index < -0.39 is 5.60 Å². The van der Waals surface area contributed by atoms with Crippen LogP contribution in [0, 0.1) is 0 Å². The van der Waals surface area contributed by atoms with E-state index in [0.29, 0.717) is 41.5 Å². The van der Waals surface area contributed by atoms with Crippen molar-refractivity contribution in [2.75, 3.05) is 13.1 Å². The van der Waals surface area contributed by atoms with Crippen molar-refractivity contribution in [2.24, 2.45) is 0 Å². The van der Waals surface area contributed by atoms with Crippen LogP contribution in [0.1, 0.15) is 33.2 Å². The molecule has 0 saturated carbocycles. The maximum Gasteiger partial charge on any atom is 0.410 e. The van der Waals surface area contributed by atoms with Gasteiger partial charge in [-0.25, -0.2) is 19.6 Å². The average molecular weight is 416 g/mol. The van der Waals surface area contributed by atoms with Crippen molar-refractivity contribution in [3.63, 3.8) is 0 Å². The number of aromatic nitrogens is 4. The van der Waals surface area contributed by atoms with Gasteiger partial charge in [0.2, 0.25) is 0 Å². The van der Waals surface area contributed by atoms with Crippen molar-refractivity contribution in [1.29, 1.82) is 0 Å². The Bertz CT molecular complexity index is 1110. The van der Waals surface area contributed by atoms with Crippen LogP contribution in [0.25, 0.3) is 16.9 Å². The molecule has 0 bridgehead atoms. The Balaban J connectivity index is 1.72. The first-order valence-corrected chi connectivity index (χ1v) is 9.80. The van der Waals surface area contributed by atoms with Crippen LogP contribution in [-0.4, -0.2) is 48.8 Å². The zero-order valence-corrected chi connectivity index (χ0v) is 17.3. The summed E-state index contributed by atoms with van der Waals surface area (Å²) in [5, 5.41) is 0.354. The Morgan fingerprint density at radius 2 is 2.03 bits per heavy atom. The lowest BCUT2D eigenvalue weighted by atomic mass is 10.2. The number of nitrogens with zero attached hydrogens (tertiary/aromatic N) is 5. The third-order valence-corrected chi connectivity index (χ3v) is 5.01. The first-order valence-electron chi connectivity index (χ1n) is 9.42. The standard InChI is InChI=1S/C20H22ClN5O3/c1-20(2,3)29-19(28)24-10-8-14(12-24)26-17-15(5-4-9-22-17)25(18(26)27)13-6-7-16(21)23-11-13/h4-7,9,11,14H,8,10,12H2,1-3H3/t14-/m0/s1. The first kappa shape index (κ1) is 19.4. The molecule has 8 nitrogen and oxygen atoms in total. The summed E-state index contributed by atoms with van der Waals surface area (Å²) in [4.78, 5) is 35.9. The van der Waals surface area contributed by atoms with Crippen molar-refractivity contribution < 1.29 is 9.53 Å². The van der Waals surface area contributed by atoms with Crippen molar-refractivity contribution >= 4 is 28.9 Å². The summed E-state index contributed by atoms with van der Waals surface area (Å²) in [5.41, 5.74) is 1.07. The molecule has 3 aromatic rings. The molecule has 29 heavy (non-hydrogen) atoms. The van der Waals surface area contributed by atoms with E-state index in [1.807, 2.05) is 26.8 Å². The summed E-state index contributed by atoms with van der Waals surface area (Å²) in [6.07, 6.45) is 3.49. The summed E-state index contributed by atoms with van der Waals surface area (Å²) in [6.45, 7) is 6.42. The molecule has 0 unspecified atom stereocenters. The second-order valence-corrected chi connectivity index (χ2v) is 8.43. The second kappa shape index (κ2) is 7.18. The van der Waals surface area contributed by atoms with Crippen LogP contribution in [0.3, 0.4) is 0 Å². The fourth-order valence-electron chi connectivity index (χ4n) is 3.57. The zero-order chi connectivity index (χ0) is 20.8. The summed E-state index contributed by atoms with van der Waals surface area (Å²) in [7, 11) is 0. The number of imidazole rings is 1. The smallest absolute Gasteiger partial charge is 0.410 e. The van der Waals surface area contributed by atoms with E-state index in [0.717, 1.165) is 0 Å². The molecule has 1 amide bonds. The largest absolute Gasteiger partial charge is 0.444 e. The Kier molecular flexibility index (Phi) is 4.82. The molecule has 152 valence electrons. The first-order chi connectivity index (χ1) is 13.7. The van der Waals surface area contributed by atoms with Crippen LogP contribution < -0.4 is 5.69 Å². The van der Waals surface area contributed by atoms with E-state index in [-0.39, 0.29) is 17.8 Å². The molecule has 9 heteroatoms. The maximum absolute atomic E-state index is 13.4. The van der Waals surface area contributed by atoms with Crippen LogP contribution in [0.5, 0.6) is 0 Å². The van der Waals surface area contributed by atoms with E-state index >= 15 is 0 Å². The fourth-order valence-corrected chi connectivity index (χ4v) is 3.69. The number of likely N-dealkylation sites (tertiary alicyclic amines) is 1. The van der Waals surface area contributed by atoms with Gasteiger partial charge in [-0.1, -0.05) is 11.6 Å². The highest BCUT2D eigenvalue weighted by molar-refractivity contribution is 6.29. The van der Waals surface area contributed by atoms with Crippen LogP contribution in [0.4, 0.5) is 4.79 Å². The van der Waals surface area contributed by atoms with Gasteiger partial charge < -0.3 is 9.64 Å². The van der Waals surface area contributed by atoms with Crippen LogP contribution in [0.2, 0.25) is 5.15 Å². The molecule has 0 aromatic carbocycles. The lowest BCUT2D eigenvalue weighted by Gasteiger charge is -2.24. The van der Waals surface area contributed by atoms with Crippen molar-refractivity contribution in [2.45, 2.75) is 38.8 Å². The van der Waals surface area contributed by atoms with Crippen molar-refractivity contribution in [3.8, 4) is 5.69 Å². The highest BCUT2D eigenvalue weighted by Crippen LogP contribution is 2.26. The molecule has 3 aromatic heterocycles. The molecule has 1 atom stereocenters. The van der Waals surface area contributed by atoms with E-state index in [2.05, 4.69) is 9.97 Å². The molecule has 1 aliphatic heterocycles. The minimum Gasteiger partial charge on any atom is -0.444 e. The summed E-state index contributed by atoms with van der Waals surface area (Å²) in [6, 6.07) is 6.83. The number of hydrogen-bond donors (Lipinski definition) is 0. The SMILES string of the molecule is CC(C)(C)OC(=O)N1CC[C@H](n2c(=O)n(-c3ccc(Cl)nc3)c3cccnc32)C1. The van der Waals surface area contributed by atoms with Gasteiger partial charge in [0, 0.05) is 19.3 Å². The highest BCUT2D eigenvalue weighted by atomic mass is 35.5. The molecule has 1 fully saturated rings. The van der Waals surface area contributed by atoms with E-state index in [4.69, 9.17) is 16.3 Å². The molecular weight excluding hydrogens is 394 g/mol. The molecule has 0 spiro atoms. The van der Waals surface area contributed by atoms with Gasteiger partial charge in [0.15, 0.2) is 5.65 Å². The quantitative estimate of drug-likeness (QED) is 0.599. The minimum absolute atomic E-state index is 0.186. The molecule has 4 heterocycles. The lowest BCUT2D eigenvalue weighted by Crippen LogP contribution is -2.36. The summed E-state index contributed by atoms with van der Waals surface area (Å²) in [5.74, 6) is 0. The predicted molar refractivity (Wildman–Crippen MR) is 110 cm³/mol. The van der Waals surface area contributed by atoms with Crippen molar-refractivity contribution in [1.82, 2.24) is 24.0 Å². The lowest BCUT2D eigenvalue weighted by molar-refractivity contribution is 0.0289. The van der Waals surface area contributed by atoms with Crippen LogP contribution in [-0.2, 0) is 4.74 Å². The number of halogens is 1. The molecule has 4 rings (SSSR count). The predicted octanol–water partition coefficient (Wildman–Crippen LogP) is 3.42. The second-order valence-electron chi connectivity index (χ2n) is 8.04. The van der Waals surface area contributed by atoms with Gasteiger partial charge in [0.1, 0.15) is 10.8 Å². The van der Waals surface area contributed by atoms with Gasteiger partial charge in [-0.05, 0) is 51.5 Å². The third-order valence-electron chi connectivity index (χ3n) is 4.78. The fraction of sp³-hybridized carbons (Fsp3) is 0.400. The van der Waals surface area contributed by atoms with Crippen LogP contribution in [0.15, 0.2) is 41.5 Å². The number of carbonyl (C=O) groups excluding carboxylic acids is 1. The molecule has 1 aliphatic rings. The van der Waals surface area contributed by atoms with Crippen LogP contribution >= 0.6 is 11.6 Å². The van der Waals surface area contributed by atoms with Gasteiger partial charge in [-0.3, -0.25) is 9.13 Å². The highest BCUT2D eigenvalue weighted by Gasteiger charge is 2.33. The number of rotatable bonds is 2. The van der Waals surface area contributed by atoms with Gasteiger partial charge in [0.25, 0.3) is 0 Å². The monoisotopic (exact) mass is 415 g/mol. The van der Waals surface area contributed by atoms with Crippen molar-refractivity contribution in [3.05, 3.63) is 52.3 Å². The topological polar surface area (TPSA) is 82.2 Å². The maximum atomic E-state index is 13.4. The zero-order valence-electron chi connectivity index (χ0n) is 16.5. The Morgan fingerprint density at radius 3 is 2.72 bits per heavy atom. The molecule has 1 saturated heterocycles. The average Bonchev–Trinajstić information content (AvgIpc) is 3.23. The van der Waals surface area contributed by atoms with Gasteiger partial charge in [-0.2, -0.15) is 0 Å². The Hall–Kier alpha value is -2.87. The number of hydrogen-bond acceptors (Lipinski definition) is 5. The van der Waals surface area contributed by atoms with E-state index in [1.54, 1.807) is 44.6 Å². The molecular formula is C20H22ClN5O3. The normalized spacial score (nSPS) is 17.1. The number of amides is 1. The number of pyridine rings is 2.